The lowest BCUT2D eigenvalue weighted by molar-refractivity contribution is 0.770. The maximum absolute atomic E-state index is 5.44. The maximum Gasteiger partial charge on any atom is 0.0713 e. The first-order valence-corrected chi connectivity index (χ1v) is 4.12. The van der Waals surface area contributed by atoms with Gasteiger partial charge in [-0.15, -0.1) is 11.6 Å². The molecule has 0 spiro atoms. The molecule has 0 saturated heterocycles. The van der Waals surface area contributed by atoms with E-state index in [0.717, 1.165) is 13.0 Å². The van der Waals surface area contributed by atoms with Gasteiger partial charge in [-0.1, -0.05) is 0 Å². The summed E-state index contributed by atoms with van der Waals surface area (Å²) >= 11 is 5.44. The molecule has 0 atom stereocenters. The lowest BCUT2D eigenvalue weighted by Gasteiger charge is -1.99. The number of alkyl halides is 1. The molecule has 0 fully saturated rings. The lowest BCUT2D eigenvalue weighted by atomic mass is 10.2. The van der Waals surface area contributed by atoms with Crippen LogP contribution in [0.4, 0.5) is 0 Å². The van der Waals surface area contributed by atoms with E-state index >= 15 is 0 Å². The predicted octanol–water partition coefficient (Wildman–Crippen LogP) is 1.41. The van der Waals surface area contributed by atoms with Crippen LogP contribution < -0.4 is 5.32 Å². The number of nitrogens with one attached hydrogen (secondary N) is 1. The van der Waals surface area contributed by atoms with Crippen LogP contribution in [0, 0.1) is 0 Å². The molecule has 0 bridgehead atoms. The highest BCUT2D eigenvalue weighted by Gasteiger charge is 1.89. The van der Waals surface area contributed by atoms with Crippen LogP contribution in [0.1, 0.15) is 5.56 Å². The van der Waals surface area contributed by atoms with Crippen LogP contribution >= 0.6 is 11.6 Å². The van der Waals surface area contributed by atoms with Crippen molar-refractivity contribution >= 4 is 11.6 Å². The van der Waals surface area contributed by atoms with Gasteiger partial charge in [0.2, 0.25) is 0 Å². The van der Waals surface area contributed by atoms with Gasteiger partial charge in [-0.2, -0.15) is 0 Å². The summed E-state index contributed by atoms with van der Waals surface area (Å²) in [6.45, 7) is 0.924. The molecule has 0 unspecified atom stereocenters. The fraction of sp³-hybridized carbons (Fsp3) is 0.375. The normalized spacial score (nSPS) is 9.91. The van der Waals surface area contributed by atoms with E-state index in [1.165, 1.54) is 5.56 Å². The molecule has 60 valence electrons. The molecule has 1 aromatic heterocycles. The van der Waals surface area contributed by atoms with Crippen LogP contribution in [-0.2, 0) is 6.42 Å². The molecule has 0 saturated carbocycles. The van der Waals surface area contributed by atoms with Crippen molar-refractivity contribution in [3.05, 3.63) is 30.1 Å². The Bertz CT molecular complexity index is 189. The van der Waals surface area contributed by atoms with E-state index in [1.54, 1.807) is 12.4 Å². The molecule has 1 heterocycles. The van der Waals surface area contributed by atoms with Gasteiger partial charge >= 0.3 is 0 Å². The second-order valence-electron chi connectivity index (χ2n) is 2.24. The Balaban J connectivity index is 2.28. The van der Waals surface area contributed by atoms with Gasteiger partial charge < -0.3 is 5.32 Å². The number of hydrogen-bond donors (Lipinski definition) is 1. The average Bonchev–Trinajstić information content (AvgIpc) is 2.07. The molecule has 3 heteroatoms. The molecule has 0 aliphatic heterocycles. The molecule has 0 aliphatic carbocycles. The van der Waals surface area contributed by atoms with Gasteiger partial charge in [0.1, 0.15) is 0 Å². The van der Waals surface area contributed by atoms with Crippen LogP contribution in [0.3, 0.4) is 0 Å². The first-order chi connectivity index (χ1) is 5.43. The highest BCUT2D eigenvalue weighted by molar-refractivity contribution is 6.17. The van der Waals surface area contributed by atoms with Crippen LogP contribution in [0.5, 0.6) is 0 Å². The monoisotopic (exact) mass is 170 g/mol. The summed E-state index contributed by atoms with van der Waals surface area (Å²) in [5.41, 5.74) is 1.29. The smallest absolute Gasteiger partial charge is 0.0713 e. The molecule has 0 radical (unpaired) electrons. The zero-order chi connectivity index (χ0) is 7.94. The van der Waals surface area contributed by atoms with E-state index in [0.29, 0.717) is 6.00 Å². The van der Waals surface area contributed by atoms with Gasteiger partial charge in [0.15, 0.2) is 0 Å². The SMILES string of the molecule is ClCNCCc1ccncc1. The highest BCUT2D eigenvalue weighted by atomic mass is 35.5. The van der Waals surface area contributed by atoms with Gasteiger partial charge in [-0.25, -0.2) is 0 Å². The minimum absolute atomic E-state index is 0.519. The number of rotatable bonds is 4. The topological polar surface area (TPSA) is 24.9 Å². The molecular formula is C8H11ClN2. The lowest BCUT2D eigenvalue weighted by Crippen LogP contribution is -2.14. The van der Waals surface area contributed by atoms with E-state index in [9.17, 15) is 0 Å². The van der Waals surface area contributed by atoms with Gasteiger partial charge in [-0.3, -0.25) is 4.98 Å². The molecular weight excluding hydrogens is 160 g/mol. The molecule has 0 aromatic carbocycles. The van der Waals surface area contributed by atoms with Crippen molar-refractivity contribution < 1.29 is 0 Å². The summed E-state index contributed by atoms with van der Waals surface area (Å²) in [5, 5.41) is 3.04. The molecule has 11 heavy (non-hydrogen) atoms. The van der Waals surface area contributed by atoms with Crippen molar-refractivity contribution in [3.8, 4) is 0 Å². The van der Waals surface area contributed by atoms with Crippen LogP contribution in [0.15, 0.2) is 24.5 Å². The molecule has 1 aromatic rings. The zero-order valence-electron chi connectivity index (χ0n) is 6.26. The molecule has 2 nitrogen and oxygen atoms in total. The van der Waals surface area contributed by atoms with Crippen molar-refractivity contribution in [2.45, 2.75) is 6.42 Å². The summed E-state index contributed by atoms with van der Waals surface area (Å²) in [6.07, 6.45) is 4.61. The standard InChI is InChI=1S/C8H11ClN2/c9-7-11-6-3-8-1-4-10-5-2-8/h1-2,4-5,11H,3,6-7H2. The third-order valence-corrected chi connectivity index (χ3v) is 1.62. The fourth-order valence-corrected chi connectivity index (χ4v) is 0.983. The Labute approximate surface area is 71.6 Å². The van der Waals surface area contributed by atoms with Crippen molar-refractivity contribution in [2.24, 2.45) is 0 Å². The van der Waals surface area contributed by atoms with E-state index in [2.05, 4.69) is 10.3 Å². The quantitative estimate of drug-likeness (QED) is 0.420. The fourth-order valence-electron chi connectivity index (χ4n) is 0.849. The maximum atomic E-state index is 5.44. The minimum atomic E-state index is 0.519. The number of nitrogens with zero attached hydrogens (tertiary/aromatic N) is 1. The Morgan fingerprint density at radius 1 is 1.36 bits per heavy atom. The molecule has 1 rings (SSSR count). The number of halogens is 1. The van der Waals surface area contributed by atoms with Gasteiger partial charge in [-0.05, 0) is 24.1 Å². The van der Waals surface area contributed by atoms with E-state index in [-0.39, 0.29) is 0 Å². The van der Waals surface area contributed by atoms with E-state index in [1.807, 2.05) is 12.1 Å². The zero-order valence-corrected chi connectivity index (χ0v) is 7.01. The summed E-state index contributed by atoms with van der Waals surface area (Å²) < 4.78 is 0. The van der Waals surface area contributed by atoms with Crippen molar-refractivity contribution in [1.82, 2.24) is 10.3 Å². The molecule has 1 N–H and O–H groups in total. The number of hydrogen-bond acceptors (Lipinski definition) is 2. The Morgan fingerprint density at radius 2 is 2.09 bits per heavy atom. The summed E-state index contributed by atoms with van der Waals surface area (Å²) in [5.74, 6) is 0. The van der Waals surface area contributed by atoms with Gasteiger partial charge in [0, 0.05) is 18.9 Å². The van der Waals surface area contributed by atoms with Crippen LogP contribution in [0.25, 0.3) is 0 Å². The van der Waals surface area contributed by atoms with Crippen molar-refractivity contribution in [1.29, 1.82) is 0 Å². The first kappa shape index (κ1) is 8.50. The van der Waals surface area contributed by atoms with Crippen molar-refractivity contribution in [2.75, 3.05) is 12.5 Å². The molecule has 0 amide bonds. The third kappa shape index (κ3) is 3.35. The second-order valence-corrected chi connectivity index (χ2v) is 2.51. The van der Waals surface area contributed by atoms with E-state index < -0.39 is 0 Å². The second kappa shape index (κ2) is 5.10. The predicted molar refractivity (Wildman–Crippen MR) is 46.7 cm³/mol. The average molecular weight is 171 g/mol. The van der Waals surface area contributed by atoms with Gasteiger partial charge in [0.05, 0.1) is 6.00 Å². The van der Waals surface area contributed by atoms with E-state index in [4.69, 9.17) is 11.6 Å². The Hall–Kier alpha value is -0.600. The largest absolute Gasteiger partial charge is 0.304 e. The number of pyridine rings is 1. The highest BCUT2D eigenvalue weighted by Crippen LogP contribution is 1.95. The van der Waals surface area contributed by atoms with Crippen molar-refractivity contribution in [3.63, 3.8) is 0 Å². The minimum Gasteiger partial charge on any atom is -0.304 e. The molecule has 0 aliphatic rings. The first-order valence-electron chi connectivity index (χ1n) is 3.59. The van der Waals surface area contributed by atoms with Crippen LogP contribution in [-0.4, -0.2) is 17.5 Å². The number of aromatic nitrogens is 1. The Morgan fingerprint density at radius 3 is 2.73 bits per heavy atom. The summed E-state index contributed by atoms with van der Waals surface area (Å²) in [7, 11) is 0. The third-order valence-electron chi connectivity index (χ3n) is 1.43. The summed E-state index contributed by atoms with van der Waals surface area (Å²) in [4.78, 5) is 3.93. The summed E-state index contributed by atoms with van der Waals surface area (Å²) in [6, 6.07) is 4.54. The Kier molecular flexibility index (Phi) is 3.94. The van der Waals surface area contributed by atoms with Gasteiger partial charge in [0.25, 0.3) is 0 Å². The van der Waals surface area contributed by atoms with Crippen LogP contribution in [0.2, 0.25) is 0 Å².